The summed E-state index contributed by atoms with van der Waals surface area (Å²) in [5.41, 5.74) is 0.707. The summed E-state index contributed by atoms with van der Waals surface area (Å²) in [6.07, 6.45) is 1.26. The van der Waals surface area contributed by atoms with Gasteiger partial charge in [-0.25, -0.2) is 4.39 Å². The van der Waals surface area contributed by atoms with E-state index in [1.165, 1.54) is 42.6 Å². The third-order valence-corrected chi connectivity index (χ3v) is 4.10. The van der Waals surface area contributed by atoms with Crippen molar-refractivity contribution in [2.75, 3.05) is 5.32 Å². The summed E-state index contributed by atoms with van der Waals surface area (Å²) >= 11 is 11.6. The molecule has 0 aliphatic carbocycles. The van der Waals surface area contributed by atoms with Gasteiger partial charge in [-0.1, -0.05) is 23.2 Å². The van der Waals surface area contributed by atoms with E-state index in [4.69, 9.17) is 23.2 Å². The third-order valence-electron chi connectivity index (χ3n) is 3.35. The lowest BCUT2D eigenvalue weighted by Crippen LogP contribution is -2.21. The smallest absolute Gasteiger partial charge is 0.291 e. The monoisotopic (exact) mass is 377 g/mol. The first-order valence-electron chi connectivity index (χ1n) is 7.06. The Balaban J connectivity index is 1.82. The molecule has 8 heteroatoms. The lowest BCUT2D eigenvalue weighted by atomic mass is 10.2. The first-order chi connectivity index (χ1) is 12.0. The number of halogens is 3. The van der Waals surface area contributed by atoms with Crippen molar-refractivity contribution in [2.24, 2.45) is 0 Å². The number of nitrogens with zero attached hydrogens (tertiary/aromatic N) is 2. The van der Waals surface area contributed by atoms with Crippen LogP contribution in [0, 0.1) is 5.82 Å². The normalized spacial score (nSPS) is 10.5. The minimum atomic E-state index is -0.558. The number of anilines is 1. The van der Waals surface area contributed by atoms with Gasteiger partial charge in [-0.15, -0.1) is 0 Å². The quantitative estimate of drug-likeness (QED) is 0.751. The van der Waals surface area contributed by atoms with Crippen LogP contribution in [0.25, 0.3) is 5.69 Å². The third kappa shape index (κ3) is 3.70. The van der Waals surface area contributed by atoms with Crippen molar-refractivity contribution >= 4 is 34.8 Å². The van der Waals surface area contributed by atoms with Gasteiger partial charge in [-0.3, -0.25) is 9.59 Å². The predicted molar refractivity (Wildman–Crippen MR) is 94.2 cm³/mol. The zero-order valence-electron chi connectivity index (χ0n) is 12.5. The summed E-state index contributed by atoms with van der Waals surface area (Å²) in [6, 6.07) is 11.6. The van der Waals surface area contributed by atoms with Crippen LogP contribution < -0.4 is 10.9 Å². The minimum absolute atomic E-state index is 0.0678. The molecule has 0 fully saturated rings. The van der Waals surface area contributed by atoms with Gasteiger partial charge in [0.05, 0.1) is 16.9 Å². The van der Waals surface area contributed by atoms with Gasteiger partial charge in [0, 0.05) is 11.3 Å². The summed E-state index contributed by atoms with van der Waals surface area (Å²) in [5.74, 6) is -0.755. The fourth-order valence-corrected chi connectivity index (χ4v) is 2.34. The Morgan fingerprint density at radius 2 is 1.68 bits per heavy atom. The Labute approximate surface area is 151 Å². The van der Waals surface area contributed by atoms with E-state index in [2.05, 4.69) is 10.4 Å². The second kappa shape index (κ2) is 7.04. The molecule has 1 amide bonds. The van der Waals surface area contributed by atoms with Gasteiger partial charge in [-0.05, 0) is 48.5 Å². The van der Waals surface area contributed by atoms with Crippen LogP contribution in [0.4, 0.5) is 10.1 Å². The number of carbonyl (C=O) groups excluding carboxylic acids is 1. The lowest BCUT2D eigenvalue weighted by Gasteiger charge is -2.08. The molecule has 0 saturated heterocycles. The van der Waals surface area contributed by atoms with E-state index >= 15 is 0 Å². The molecule has 0 bridgehead atoms. The largest absolute Gasteiger partial charge is 0.322 e. The van der Waals surface area contributed by atoms with Crippen molar-refractivity contribution in [3.63, 3.8) is 0 Å². The zero-order valence-corrected chi connectivity index (χ0v) is 14.1. The van der Waals surface area contributed by atoms with E-state index < -0.39 is 5.56 Å². The molecule has 25 heavy (non-hydrogen) atoms. The molecule has 5 nitrogen and oxygen atoms in total. The highest BCUT2D eigenvalue weighted by Gasteiger charge is 2.11. The van der Waals surface area contributed by atoms with Gasteiger partial charge in [0.1, 0.15) is 10.8 Å². The topological polar surface area (TPSA) is 64.0 Å². The van der Waals surface area contributed by atoms with Crippen molar-refractivity contribution in [1.82, 2.24) is 9.78 Å². The number of amides is 1. The second-order valence-corrected chi connectivity index (χ2v) is 5.82. The molecule has 126 valence electrons. The maximum Gasteiger partial charge on any atom is 0.291 e. The molecule has 0 saturated carbocycles. The molecule has 3 rings (SSSR count). The number of carbonyl (C=O) groups is 1. The maximum absolute atomic E-state index is 12.9. The first kappa shape index (κ1) is 17.1. The van der Waals surface area contributed by atoms with Crippen molar-refractivity contribution in [2.45, 2.75) is 0 Å². The Morgan fingerprint density at radius 1 is 1.04 bits per heavy atom. The number of nitrogens with one attached hydrogen (secondary N) is 1. The number of hydrogen-bond acceptors (Lipinski definition) is 3. The van der Waals surface area contributed by atoms with Gasteiger partial charge in [0.15, 0.2) is 0 Å². The van der Waals surface area contributed by atoms with Crippen molar-refractivity contribution in [3.8, 4) is 5.69 Å². The summed E-state index contributed by atoms with van der Waals surface area (Å²) in [7, 11) is 0. The number of aromatic nitrogens is 2. The number of benzene rings is 2. The molecule has 2 aromatic carbocycles. The first-order valence-corrected chi connectivity index (χ1v) is 7.82. The van der Waals surface area contributed by atoms with Crippen molar-refractivity contribution in [1.29, 1.82) is 0 Å². The minimum Gasteiger partial charge on any atom is -0.322 e. The molecule has 0 aliphatic heterocycles. The fraction of sp³-hybridized carbons (Fsp3) is 0. The van der Waals surface area contributed by atoms with E-state index in [0.29, 0.717) is 16.9 Å². The molecule has 3 aromatic rings. The molecule has 0 radical (unpaired) electrons. The molecule has 0 atom stereocenters. The molecule has 1 heterocycles. The summed E-state index contributed by atoms with van der Waals surface area (Å²) in [6.45, 7) is 0. The number of hydrogen-bond donors (Lipinski definition) is 1. The van der Waals surface area contributed by atoms with Crippen LogP contribution in [0.3, 0.4) is 0 Å². The van der Waals surface area contributed by atoms with Crippen LogP contribution in [0.5, 0.6) is 0 Å². The molecule has 0 spiro atoms. The van der Waals surface area contributed by atoms with Gasteiger partial charge in [0.25, 0.3) is 11.5 Å². The van der Waals surface area contributed by atoms with Gasteiger partial charge in [0.2, 0.25) is 0 Å². The highest BCUT2D eigenvalue weighted by atomic mass is 35.5. The SMILES string of the molecule is O=C(Nc1ccc(F)cc1)c1ccc(-n2ncc(Cl)c(Cl)c2=O)cc1. The molecular formula is C17H10Cl2FN3O2. The van der Waals surface area contributed by atoms with E-state index in [1.807, 2.05) is 0 Å². The van der Waals surface area contributed by atoms with Gasteiger partial charge < -0.3 is 5.32 Å². The Hall–Kier alpha value is -2.70. The van der Waals surface area contributed by atoms with Crippen LogP contribution >= 0.6 is 23.2 Å². The zero-order chi connectivity index (χ0) is 18.0. The van der Waals surface area contributed by atoms with E-state index in [9.17, 15) is 14.0 Å². The van der Waals surface area contributed by atoms with Gasteiger partial charge in [-0.2, -0.15) is 9.78 Å². The van der Waals surface area contributed by atoms with E-state index in [0.717, 1.165) is 4.68 Å². The van der Waals surface area contributed by atoms with Crippen molar-refractivity contribution in [3.05, 3.63) is 86.5 Å². The number of rotatable bonds is 3. The Morgan fingerprint density at radius 3 is 2.32 bits per heavy atom. The second-order valence-electron chi connectivity index (χ2n) is 5.03. The summed E-state index contributed by atoms with van der Waals surface area (Å²) in [5, 5.41) is 6.49. The molecule has 1 aromatic heterocycles. The van der Waals surface area contributed by atoms with E-state index in [-0.39, 0.29) is 21.8 Å². The Kier molecular flexibility index (Phi) is 4.83. The molecule has 1 N–H and O–H groups in total. The highest BCUT2D eigenvalue weighted by molar-refractivity contribution is 6.41. The van der Waals surface area contributed by atoms with Crippen LogP contribution in [0.2, 0.25) is 10.0 Å². The van der Waals surface area contributed by atoms with Gasteiger partial charge >= 0.3 is 0 Å². The average molecular weight is 378 g/mol. The average Bonchev–Trinajstić information content (AvgIpc) is 2.62. The molecule has 0 aliphatic rings. The standard InChI is InChI=1S/C17H10Cl2FN3O2/c18-14-9-21-23(17(25)15(14)19)13-7-1-10(2-8-13)16(24)22-12-5-3-11(20)4-6-12/h1-9H,(H,22,24). The predicted octanol–water partition coefficient (Wildman–Crippen LogP) is 3.93. The fourth-order valence-electron chi connectivity index (χ4n) is 2.09. The lowest BCUT2D eigenvalue weighted by molar-refractivity contribution is 0.102. The maximum atomic E-state index is 12.9. The molecule has 0 unspecified atom stereocenters. The van der Waals surface area contributed by atoms with Crippen LogP contribution in [0.1, 0.15) is 10.4 Å². The summed E-state index contributed by atoms with van der Waals surface area (Å²) in [4.78, 5) is 24.2. The van der Waals surface area contributed by atoms with Crippen LogP contribution in [0.15, 0.2) is 59.5 Å². The molecular weight excluding hydrogens is 368 g/mol. The summed E-state index contributed by atoms with van der Waals surface area (Å²) < 4.78 is 14.0. The highest BCUT2D eigenvalue weighted by Crippen LogP contribution is 2.17. The van der Waals surface area contributed by atoms with Crippen molar-refractivity contribution < 1.29 is 9.18 Å². The van der Waals surface area contributed by atoms with Crippen LogP contribution in [-0.4, -0.2) is 15.7 Å². The van der Waals surface area contributed by atoms with Crippen LogP contribution in [-0.2, 0) is 0 Å². The van der Waals surface area contributed by atoms with E-state index in [1.54, 1.807) is 12.1 Å². The Bertz CT molecular complexity index is 986.